The summed E-state index contributed by atoms with van der Waals surface area (Å²) in [5, 5.41) is 30.8. The van der Waals surface area contributed by atoms with Gasteiger partial charge in [-0.3, -0.25) is 43.3 Å². The fourth-order valence-electron chi connectivity index (χ4n) is 5.08. The number of carboxylic acid groups (broad SMARTS) is 1. The van der Waals surface area contributed by atoms with Crippen molar-refractivity contribution in [3.05, 3.63) is 0 Å². The molecule has 21 heteroatoms. The van der Waals surface area contributed by atoms with Gasteiger partial charge in [-0.15, -0.1) is 11.8 Å². The lowest BCUT2D eigenvalue weighted by atomic mass is 9.97. The van der Waals surface area contributed by atoms with E-state index < -0.39 is 95.4 Å². The molecule has 0 aliphatic carbocycles. The molecular formula is C32H55N9O11S. The molecule has 0 aromatic heterocycles. The number of imide groups is 1. The van der Waals surface area contributed by atoms with E-state index in [-0.39, 0.29) is 49.8 Å². The molecule has 13 N–H and O–H groups in total. The van der Waals surface area contributed by atoms with Gasteiger partial charge in [-0.05, 0) is 52.0 Å². The predicted molar refractivity (Wildman–Crippen MR) is 192 cm³/mol. The topological polar surface area (TPSA) is 336 Å². The van der Waals surface area contributed by atoms with E-state index in [1.165, 1.54) is 6.92 Å². The number of amides is 8. The second kappa shape index (κ2) is 23.4. The third-order valence-corrected chi connectivity index (χ3v) is 9.89. The first kappa shape index (κ1) is 46.7. The van der Waals surface area contributed by atoms with Gasteiger partial charge in [-0.2, -0.15) is 0 Å². The van der Waals surface area contributed by atoms with Gasteiger partial charge in [0.1, 0.15) is 30.2 Å². The molecule has 0 spiro atoms. The third-order valence-electron chi connectivity index (χ3n) is 8.57. The highest BCUT2D eigenvalue weighted by molar-refractivity contribution is 8.00. The van der Waals surface area contributed by atoms with Crippen LogP contribution in [-0.2, 0) is 43.2 Å². The van der Waals surface area contributed by atoms with Crippen LogP contribution in [0.1, 0.15) is 72.6 Å². The Labute approximate surface area is 312 Å². The van der Waals surface area contributed by atoms with Crippen molar-refractivity contribution in [2.24, 2.45) is 23.1 Å². The summed E-state index contributed by atoms with van der Waals surface area (Å²) in [7, 11) is 0. The molecular weight excluding hydrogens is 718 g/mol. The number of nitrogens with one attached hydrogen (secondary N) is 5. The number of primary amides is 1. The Morgan fingerprint density at radius 1 is 0.849 bits per heavy atom. The van der Waals surface area contributed by atoms with Gasteiger partial charge in [0.25, 0.3) is 0 Å². The van der Waals surface area contributed by atoms with Crippen LogP contribution in [0, 0.1) is 5.92 Å². The number of carboxylic acids is 1. The van der Waals surface area contributed by atoms with Gasteiger partial charge in [-0.25, -0.2) is 4.79 Å². The first-order valence-electron chi connectivity index (χ1n) is 17.5. The Kier molecular flexibility index (Phi) is 20.6. The molecule has 0 aromatic rings. The Hall–Kier alpha value is -4.34. The number of carbonyl (C=O) groups excluding carboxylic acids is 8. The first-order chi connectivity index (χ1) is 24.9. The second-order valence-corrected chi connectivity index (χ2v) is 13.9. The number of thioether (sulfide) groups is 1. The van der Waals surface area contributed by atoms with Crippen LogP contribution in [0.4, 0.5) is 0 Å². The van der Waals surface area contributed by atoms with Crippen LogP contribution in [-0.4, -0.2) is 135 Å². The highest BCUT2D eigenvalue weighted by Crippen LogP contribution is 2.25. The summed E-state index contributed by atoms with van der Waals surface area (Å²) in [6, 6.07) is -8.01. The highest BCUT2D eigenvalue weighted by atomic mass is 32.2. The molecule has 1 fully saturated rings. The van der Waals surface area contributed by atoms with E-state index in [1.807, 2.05) is 0 Å². The van der Waals surface area contributed by atoms with Crippen molar-refractivity contribution in [1.29, 1.82) is 0 Å². The number of aliphatic hydroxyl groups excluding tert-OH is 1. The van der Waals surface area contributed by atoms with Crippen LogP contribution in [0.15, 0.2) is 0 Å². The van der Waals surface area contributed by atoms with Crippen LogP contribution >= 0.6 is 11.8 Å². The van der Waals surface area contributed by atoms with Crippen LogP contribution in [0.3, 0.4) is 0 Å². The van der Waals surface area contributed by atoms with Crippen LogP contribution < -0.4 is 43.8 Å². The molecule has 20 nitrogen and oxygen atoms in total. The molecule has 1 unspecified atom stereocenters. The average molecular weight is 774 g/mol. The summed E-state index contributed by atoms with van der Waals surface area (Å²) in [4.78, 5) is 114. The minimum Gasteiger partial charge on any atom is -0.480 e. The van der Waals surface area contributed by atoms with Crippen molar-refractivity contribution < 1.29 is 53.4 Å². The number of likely N-dealkylation sites (tertiary alicyclic amines) is 1. The molecule has 300 valence electrons. The second-order valence-electron chi connectivity index (χ2n) is 12.7. The first-order valence-corrected chi connectivity index (χ1v) is 18.5. The number of nitrogens with two attached hydrogens (primary N) is 3. The highest BCUT2D eigenvalue weighted by Gasteiger charge is 2.38. The van der Waals surface area contributed by atoms with Crippen molar-refractivity contribution in [2.75, 3.05) is 25.4 Å². The van der Waals surface area contributed by atoms with Crippen molar-refractivity contribution >= 4 is 65.0 Å². The monoisotopic (exact) mass is 773 g/mol. The normalized spacial score (nSPS) is 18.1. The molecule has 1 rings (SSSR count). The third kappa shape index (κ3) is 15.3. The fourth-order valence-corrected chi connectivity index (χ4v) is 6.20. The van der Waals surface area contributed by atoms with Gasteiger partial charge in [0.05, 0.1) is 17.9 Å². The number of hydrogen-bond donors (Lipinski definition) is 10. The van der Waals surface area contributed by atoms with Crippen molar-refractivity contribution in [3.63, 3.8) is 0 Å². The number of aliphatic hydroxyl groups is 1. The van der Waals surface area contributed by atoms with E-state index in [0.29, 0.717) is 25.8 Å². The van der Waals surface area contributed by atoms with E-state index >= 15 is 0 Å². The quantitative estimate of drug-likeness (QED) is 0.0314. The Morgan fingerprint density at radius 3 is 1.98 bits per heavy atom. The molecule has 0 aromatic carbocycles. The SMILES string of the molecule is CC[C@H](C)[C@H](NC(=O)[C@H](CO)NC(=O)[C@H](C)NC(=O)[C@@H](N)CSC1CC(=O)N(CC)C1=O)C(=O)N[C@@H](CCC(N)=O)C(=O)N[C@@H](CCCCN)C(=O)O. The predicted octanol–water partition coefficient (Wildman–Crippen LogP) is -3.84. The summed E-state index contributed by atoms with van der Waals surface area (Å²) in [5.41, 5.74) is 16.7. The van der Waals surface area contributed by atoms with E-state index in [4.69, 9.17) is 17.2 Å². The summed E-state index contributed by atoms with van der Waals surface area (Å²) in [6.07, 6.45) is 0.705. The Balaban J connectivity index is 2.93. The molecule has 0 bridgehead atoms. The zero-order chi connectivity index (χ0) is 40.4. The van der Waals surface area contributed by atoms with Gasteiger partial charge in [0.2, 0.25) is 47.3 Å². The number of nitrogens with zero attached hydrogens (tertiary/aromatic N) is 1. The molecule has 1 aliphatic rings. The van der Waals surface area contributed by atoms with Crippen molar-refractivity contribution in [2.45, 2.75) is 114 Å². The van der Waals surface area contributed by atoms with Crippen LogP contribution in [0.5, 0.6) is 0 Å². The molecule has 8 amide bonds. The largest absolute Gasteiger partial charge is 0.480 e. The maximum absolute atomic E-state index is 13.5. The summed E-state index contributed by atoms with van der Waals surface area (Å²) >= 11 is 1.05. The molecule has 1 saturated heterocycles. The average Bonchev–Trinajstić information content (AvgIpc) is 3.39. The summed E-state index contributed by atoms with van der Waals surface area (Å²) in [6.45, 7) is 5.96. The van der Waals surface area contributed by atoms with Gasteiger partial charge >= 0.3 is 5.97 Å². The summed E-state index contributed by atoms with van der Waals surface area (Å²) < 4.78 is 0. The number of aliphatic carboxylic acids is 1. The zero-order valence-electron chi connectivity index (χ0n) is 30.6. The molecule has 1 heterocycles. The maximum atomic E-state index is 13.5. The summed E-state index contributed by atoms with van der Waals surface area (Å²) in [5.74, 6) is -7.72. The lowest BCUT2D eigenvalue weighted by Gasteiger charge is -2.28. The molecule has 0 radical (unpaired) electrons. The van der Waals surface area contributed by atoms with E-state index in [2.05, 4.69) is 26.6 Å². The molecule has 53 heavy (non-hydrogen) atoms. The smallest absolute Gasteiger partial charge is 0.326 e. The zero-order valence-corrected chi connectivity index (χ0v) is 31.4. The Bertz CT molecular complexity index is 1340. The van der Waals surface area contributed by atoms with E-state index in [9.17, 15) is 53.4 Å². The maximum Gasteiger partial charge on any atom is 0.326 e. The Morgan fingerprint density at radius 2 is 1.45 bits per heavy atom. The molecule has 1 aliphatic heterocycles. The van der Waals surface area contributed by atoms with Crippen molar-refractivity contribution in [3.8, 4) is 0 Å². The van der Waals surface area contributed by atoms with Gasteiger partial charge in [0, 0.05) is 25.1 Å². The molecule has 8 atom stereocenters. The number of hydrogen-bond acceptors (Lipinski definition) is 13. The van der Waals surface area contributed by atoms with Gasteiger partial charge in [-0.1, -0.05) is 20.3 Å². The van der Waals surface area contributed by atoms with Gasteiger partial charge < -0.3 is 54.0 Å². The lowest BCUT2D eigenvalue weighted by Crippen LogP contribution is -2.61. The van der Waals surface area contributed by atoms with Crippen LogP contribution in [0.25, 0.3) is 0 Å². The number of unbranched alkanes of at least 4 members (excludes halogenated alkanes) is 1. The van der Waals surface area contributed by atoms with Gasteiger partial charge in [0.15, 0.2) is 0 Å². The number of rotatable bonds is 25. The minimum absolute atomic E-state index is 0.0109. The standard InChI is InChI=1S/C32H55N9O11S/c1-5-16(3)25(30(49)37-19(10-11-23(35)43)28(47)38-20(32(51)52)9-7-8-12-33)40-29(48)21(14-42)39-26(45)17(4)36-27(46)18(34)15-53-22-13-24(44)41(6-2)31(22)50/h16-22,25,42H,5-15,33-34H2,1-4H3,(H2,35,43)(H,36,46)(H,37,49)(H,38,47)(H,39,45)(H,40,48)(H,51,52)/t16-,17-,18-,19-,20-,21-,22?,25-/m0/s1. The van der Waals surface area contributed by atoms with E-state index in [0.717, 1.165) is 16.7 Å². The minimum atomic E-state index is -1.59. The lowest BCUT2D eigenvalue weighted by molar-refractivity contribution is -0.143. The fraction of sp³-hybridized carbons (Fsp3) is 0.719. The molecule has 0 saturated carbocycles. The van der Waals surface area contributed by atoms with Crippen LogP contribution in [0.2, 0.25) is 0 Å². The number of carbonyl (C=O) groups is 9. The van der Waals surface area contributed by atoms with E-state index in [1.54, 1.807) is 20.8 Å². The van der Waals surface area contributed by atoms with Crippen molar-refractivity contribution in [1.82, 2.24) is 31.5 Å².